The fourth-order valence-electron chi connectivity index (χ4n) is 2.35. The molecule has 0 fully saturated rings. The van der Waals surface area contributed by atoms with Crippen molar-refractivity contribution in [1.82, 2.24) is 15.5 Å². The molecule has 1 heterocycles. The second kappa shape index (κ2) is 6.39. The van der Waals surface area contributed by atoms with Crippen LogP contribution in [0, 0.1) is 0 Å². The average molecular weight is 287 g/mol. The van der Waals surface area contributed by atoms with Crippen LogP contribution < -0.4 is 11.1 Å². The number of aromatic amines is 1. The van der Waals surface area contributed by atoms with E-state index in [1.165, 1.54) is 0 Å². The zero-order valence-electron chi connectivity index (χ0n) is 11.6. The van der Waals surface area contributed by atoms with Crippen LogP contribution in [0.2, 0.25) is 0 Å². The standard InChI is InChI=1S/C13H22N4O.ClH/c1-3-13(14,4-2)8-15-12(18)11-9-6-5-7-10(9)16-17-11;/h3-8,14H2,1-2H3,(H,15,18)(H,16,17);1H. The van der Waals surface area contributed by atoms with Gasteiger partial charge in [0, 0.05) is 23.3 Å². The lowest BCUT2D eigenvalue weighted by atomic mass is 9.94. The highest BCUT2D eigenvalue weighted by atomic mass is 35.5. The summed E-state index contributed by atoms with van der Waals surface area (Å²) in [5, 5.41) is 9.97. The summed E-state index contributed by atoms with van der Waals surface area (Å²) in [6, 6.07) is 0. The maximum Gasteiger partial charge on any atom is 0.272 e. The molecule has 0 spiro atoms. The largest absolute Gasteiger partial charge is 0.349 e. The van der Waals surface area contributed by atoms with Gasteiger partial charge in [-0.15, -0.1) is 12.4 Å². The first-order valence-electron chi connectivity index (χ1n) is 6.73. The van der Waals surface area contributed by atoms with E-state index in [1.54, 1.807) is 0 Å². The normalized spacial score (nSPS) is 13.8. The fourth-order valence-corrected chi connectivity index (χ4v) is 2.35. The van der Waals surface area contributed by atoms with E-state index in [0.29, 0.717) is 12.2 Å². The molecule has 0 aromatic carbocycles. The summed E-state index contributed by atoms with van der Waals surface area (Å²) in [6.07, 6.45) is 4.75. The molecule has 0 bridgehead atoms. The topological polar surface area (TPSA) is 83.8 Å². The summed E-state index contributed by atoms with van der Waals surface area (Å²) >= 11 is 0. The van der Waals surface area contributed by atoms with Crippen molar-refractivity contribution in [2.75, 3.05) is 6.54 Å². The van der Waals surface area contributed by atoms with E-state index in [0.717, 1.165) is 43.4 Å². The number of nitrogens with zero attached hydrogens (tertiary/aromatic N) is 1. The van der Waals surface area contributed by atoms with E-state index in [9.17, 15) is 4.79 Å². The van der Waals surface area contributed by atoms with Crippen LogP contribution in [0.15, 0.2) is 0 Å². The highest BCUT2D eigenvalue weighted by molar-refractivity contribution is 5.94. The van der Waals surface area contributed by atoms with Crippen LogP contribution in [0.5, 0.6) is 0 Å². The zero-order valence-corrected chi connectivity index (χ0v) is 12.4. The van der Waals surface area contributed by atoms with Crippen LogP contribution in [-0.4, -0.2) is 28.2 Å². The minimum atomic E-state index is -0.310. The second-order valence-electron chi connectivity index (χ2n) is 5.14. The summed E-state index contributed by atoms with van der Waals surface area (Å²) in [4.78, 5) is 12.1. The van der Waals surface area contributed by atoms with Gasteiger partial charge in [-0.1, -0.05) is 13.8 Å². The number of nitrogens with one attached hydrogen (secondary N) is 2. The number of carbonyl (C=O) groups is 1. The molecule has 0 aliphatic heterocycles. The number of hydrogen-bond acceptors (Lipinski definition) is 3. The highest BCUT2D eigenvalue weighted by Gasteiger charge is 2.25. The minimum absolute atomic E-state index is 0. The van der Waals surface area contributed by atoms with Gasteiger partial charge in [-0.2, -0.15) is 5.10 Å². The van der Waals surface area contributed by atoms with Crippen LogP contribution >= 0.6 is 12.4 Å². The molecule has 2 rings (SSSR count). The zero-order chi connectivity index (χ0) is 13.2. The van der Waals surface area contributed by atoms with Crippen LogP contribution in [0.4, 0.5) is 0 Å². The van der Waals surface area contributed by atoms with Crippen molar-refractivity contribution in [2.45, 2.75) is 51.5 Å². The second-order valence-corrected chi connectivity index (χ2v) is 5.14. The van der Waals surface area contributed by atoms with Crippen molar-refractivity contribution in [1.29, 1.82) is 0 Å². The van der Waals surface area contributed by atoms with Crippen molar-refractivity contribution in [2.24, 2.45) is 5.73 Å². The Labute approximate surface area is 120 Å². The van der Waals surface area contributed by atoms with Crippen molar-refractivity contribution in [3.63, 3.8) is 0 Å². The van der Waals surface area contributed by atoms with Crippen LogP contribution in [0.1, 0.15) is 54.9 Å². The Bertz CT molecular complexity index is 440. The van der Waals surface area contributed by atoms with E-state index in [-0.39, 0.29) is 23.9 Å². The number of nitrogens with two attached hydrogens (primary N) is 1. The lowest BCUT2D eigenvalue weighted by Gasteiger charge is -2.26. The maximum absolute atomic E-state index is 12.1. The van der Waals surface area contributed by atoms with Crippen molar-refractivity contribution < 1.29 is 4.79 Å². The number of amides is 1. The van der Waals surface area contributed by atoms with Gasteiger partial charge in [-0.25, -0.2) is 0 Å². The third-order valence-corrected chi connectivity index (χ3v) is 4.03. The van der Waals surface area contributed by atoms with Crippen molar-refractivity contribution in [3.05, 3.63) is 17.0 Å². The van der Waals surface area contributed by atoms with Crippen molar-refractivity contribution in [3.8, 4) is 0 Å². The number of H-pyrrole nitrogens is 1. The first-order chi connectivity index (χ1) is 8.59. The summed E-state index contributed by atoms with van der Waals surface area (Å²) in [6.45, 7) is 4.59. The molecule has 19 heavy (non-hydrogen) atoms. The van der Waals surface area contributed by atoms with E-state index in [4.69, 9.17) is 5.73 Å². The minimum Gasteiger partial charge on any atom is -0.349 e. The summed E-state index contributed by atoms with van der Waals surface area (Å²) in [5.41, 5.74) is 8.61. The van der Waals surface area contributed by atoms with E-state index >= 15 is 0 Å². The molecule has 4 N–H and O–H groups in total. The van der Waals surface area contributed by atoms with Crippen LogP contribution in [-0.2, 0) is 12.8 Å². The highest BCUT2D eigenvalue weighted by Crippen LogP contribution is 2.22. The predicted octanol–water partition coefficient (Wildman–Crippen LogP) is 1.57. The Hall–Kier alpha value is -1.07. The fraction of sp³-hybridized carbons (Fsp3) is 0.692. The van der Waals surface area contributed by atoms with Gasteiger partial charge in [0.1, 0.15) is 0 Å². The molecule has 0 saturated heterocycles. The van der Waals surface area contributed by atoms with E-state index < -0.39 is 0 Å². The third-order valence-electron chi connectivity index (χ3n) is 4.03. The number of hydrogen-bond donors (Lipinski definition) is 3. The molecule has 5 nitrogen and oxygen atoms in total. The molecule has 0 saturated carbocycles. The van der Waals surface area contributed by atoms with Gasteiger partial charge >= 0.3 is 0 Å². The summed E-state index contributed by atoms with van der Waals surface area (Å²) in [7, 11) is 0. The average Bonchev–Trinajstić information content (AvgIpc) is 2.97. The number of aromatic nitrogens is 2. The molecule has 0 unspecified atom stereocenters. The molecule has 0 radical (unpaired) electrons. The van der Waals surface area contributed by atoms with Gasteiger partial charge in [0.2, 0.25) is 0 Å². The molecule has 1 aliphatic rings. The van der Waals surface area contributed by atoms with Gasteiger partial charge in [-0.05, 0) is 32.1 Å². The smallest absolute Gasteiger partial charge is 0.272 e. The Morgan fingerprint density at radius 2 is 2.11 bits per heavy atom. The van der Waals surface area contributed by atoms with Gasteiger partial charge in [0.25, 0.3) is 5.91 Å². The SMILES string of the molecule is CCC(N)(CC)CNC(=O)c1n[nH]c2c1CCC2.Cl. The Morgan fingerprint density at radius 1 is 1.42 bits per heavy atom. The molecular formula is C13H23ClN4O. The Balaban J connectivity index is 0.00000180. The molecular weight excluding hydrogens is 264 g/mol. The molecule has 1 aliphatic carbocycles. The van der Waals surface area contributed by atoms with Crippen molar-refractivity contribution >= 4 is 18.3 Å². The lowest BCUT2D eigenvalue weighted by Crippen LogP contribution is -2.49. The third kappa shape index (κ3) is 3.28. The maximum atomic E-state index is 12.1. The number of aryl methyl sites for hydroxylation is 1. The lowest BCUT2D eigenvalue weighted by molar-refractivity contribution is 0.0936. The van der Waals surface area contributed by atoms with Gasteiger partial charge in [0.15, 0.2) is 5.69 Å². The molecule has 108 valence electrons. The monoisotopic (exact) mass is 286 g/mol. The van der Waals surface area contributed by atoms with Crippen LogP contribution in [0.3, 0.4) is 0 Å². The molecule has 1 aromatic heterocycles. The number of fused-ring (bicyclic) bond motifs is 1. The van der Waals surface area contributed by atoms with Crippen LogP contribution in [0.25, 0.3) is 0 Å². The summed E-state index contributed by atoms with van der Waals surface area (Å²) < 4.78 is 0. The number of halogens is 1. The van der Waals surface area contributed by atoms with E-state index in [2.05, 4.69) is 15.5 Å². The molecule has 6 heteroatoms. The molecule has 1 aromatic rings. The first-order valence-corrected chi connectivity index (χ1v) is 6.73. The summed E-state index contributed by atoms with van der Waals surface area (Å²) in [5.74, 6) is -0.105. The predicted molar refractivity (Wildman–Crippen MR) is 77.7 cm³/mol. The van der Waals surface area contributed by atoms with Gasteiger partial charge < -0.3 is 11.1 Å². The quantitative estimate of drug-likeness (QED) is 0.768. The van der Waals surface area contributed by atoms with Gasteiger partial charge in [0.05, 0.1) is 0 Å². The molecule has 1 amide bonds. The first kappa shape index (κ1) is 16.0. The molecule has 0 atom stereocenters. The number of carbonyl (C=O) groups excluding carboxylic acids is 1. The number of rotatable bonds is 5. The van der Waals surface area contributed by atoms with Gasteiger partial charge in [-0.3, -0.25) is 9.89 Å². The Morgan fingerprint density at radius 3 is 2.74 bits per heavy atom. The Kier molecular flexibility index (Phi) is 5.38. The van der Waals surface area contributed by atoms with E-state index in [1.807, 2.05) is 13.8 Å².